The largest absolute Gasteiger partial charge is 0.465 e. The highest BCUT2D eigenvalue weighted by atomic mass is 16.5. The zero-order valence-electron chi connectivity index (χ0n) is 9.45. The summed E-state index contributed by atoms with van der Waals surface area (Å²) >= 11 is 0. The molecule has 0 amide bonds. The van der Waals surface area contributed by atoms with Crippen LogP contribution in [0.3, 0.4) is 0 Å². The molecule has 0 aromatic rings. The van der Waals surface area contributed by atoms with E-state index in [4.69, 9.17) is 4.74 Å². The molecule has 0 aromatic carbocycles. The maximum atomic E-state index is 11.6. The third kappa shape index (κ3) is 2.98. The Morgan fingerprint density at radius 2 is 2.29 bits per heavy atom. The number of nitrogens with zero attached hydrogens (tertiary/aromatic N) is 1. The lowest BCUT2D eigenvalue weighted by molar-refractivity contribution is -0.148. The van der Waals surface area contributed by atoms with Gasteiger partial charge in [-0.05, 0) is 32.2 Å². The molecule has 1 fully saturated rings. The van der Waals surface area contributed by atoms with Crippen molar-refractivity contribution in [2.45, 2.75) is 39.7 Å². The fourth-order valence-electron chi connectivity index (χ4n) is 2.02. The summed E-state index contributed by atoms with van der Waals surface area (Å²) in [5, 5.41) is 0. The van der Waals surface area contributed by atoms with Crippen molar-refractivity contribution in [2.75, 3.05) is 19.7 Å². The third-order valence-electron chi connectivity index (χ3n) is 2.52. The van der Waals surface area contributed by atoms with Gasteiger partial charge in [0.05, 0.1) is 6.61 Å². The highest BCUT2D eigenvalue weighted by Gasteiger charge is 2.31. The molecule has 3 heteroatoms. The third-order valence-corrected chi connectivity index (χ3v) is 2.52. The first-order chi connectivity index (χ1) is 6.65. The van der Waals surface area contributed by atoms with Gasteiger partial charge < -0.3 is 4.74 Å². The van der Waals surface area contributed by atoms with Gasteiger partial charge in [0.1, 0.15) is 6.04 Å². The molecule has 1 rings (SSSR count). The van der Waals surface area contributed by atoms with Gasteiger partial charge in [-0.15, -0.1) is 0 Å². The summed E-state index contributed by atoms with van der Waals surface area (Å²) in [5.74, 6) is 0.579. The van der Waals surface area contributed by atoms with Crippen molar-refractivity contribution >= 4 is 5.97 Å². The number of carbonyl (C=O) groups is 1. The van der Waals surface area contributed by atoms with Crippen molar-refractivity contribution < 1.29 is 9.53 Å². The SMILES string of the molecule is CCOC(=O)[C@@H]1CCCN1CC(C)C. The molecule has 14 heavy (non-hydrogen) atoms. The lowest BCUT2D eigenvalue weighted by Gasteiger charge is -2.24. The van der Waals surface area contributed by atoms with Crippen LogP contribution < -0.4 is 0 Å². The van der Waals surface area contributed by atoms with Crippen LogP contribution in [0.2, 0.25) is 0 Å². The van der Waals surface area contributed by atoms with Crippen LogP contribution in [0.1, 0.15) is 33.6 Å². The van der Waals surface area contributed by atoms with Crippen molar-refractivity contribution in [3.8, 4) is 0 Å². The Kier molecular flexibility index (Phi) is 4.39. The fraction of sp³-hybridized carbons (Fsp3) is 0.909. The number of rotatable bonds is 4. The molecule has 0 aromatic heterocycles. The summed E-state index contributed by atoms with van der Waals surface area (Å²) in [6.45, 7) is 8.76. The summed E-state index contributed by atoms with van der Waals surface area (Å²) < 4.78 is 5.06. The molecule has 0 radical (unpaired) electrons. The minimum Gasteiger partial charge on any atom is -0.465 e. The molecule has 1 saturated heterocycles. The Morgan fingerprint density at radius 3 is 2.86 bits per heavy atom. The van der Waals surface area contributed by atoms with Crippen LogP contribution in [0.4, 0.5) is 0 Å². The van der Waals surface area contributed by atoms with Gasteiger partial charge in [-0.3, -0.25) is 9.69 Å². The summed E-state index contributed by atoms with van der Waals surface area (Å²) in [6, 6.07) is 0.0253. The molecular formula is C11H21NO2. The van der Waals surface area contributed by atoms with Crippen molar-refractivity contribution in [1.29, 1.82) is 0 Å². The second-order valence-corrected chi connectivity index (χ2v) is 4.30. The summed E-state index contributed by atoms with van der Waals surface area (Å²) in [6.07, 6.45) is 2.09. The summed E-state index contributed by atoms with van der Waals surface area (Å²) in [4.78, 5) is 13.8. The van der Waals surface area contributed by atoms with Gasteiger partial charge in [0.2, 0.25) is 0 Å². The molecule has 1 aliphatic rings. The smallest absolute Gasteiger partial charge is 0.323 e. The predicted molar refractivity (Wildman–Crippen MR) is 56.1 cm³/mol. The van der Waals surface area contributed by atoms with Crippen LogP contribution in [0.25, 0.3) is 0 Å². The van der Waals surface area contributed by atoms with E-state index in [0.717, 1.165) is 25.9 Å². The number of hydrogen-bond donors (Lipinski definition) is 0. The second-order valence-electron chi connectivity index (χ2n) is 4.30. The number of ether oxygens (including phenoxy) is 1. The molecule has 1 heterocycles. The molecule has 0 saturated carbocycles. The molecule has 1 aliphatic heterocycles. The maximum Gasteiger partial charge on any atom is 0.323 e. The van der Waals surface area contributed by atoms with Crippen LogP contribution >= 0.6 is 0 Å². The monoisotopic (exact) mass is 199 g/mol. The lowest BCUT2D eigenvalue weighted by atomic mass is 10.2. The molecular weight excluding hydrogens is 178 g/mol. The van der Waals surface area contributed by atoms with Crippen LogP contribution in [0, 0.1) is 5.92 Å². The Balaban J connectivity index is 2.46. The number of esters is 1. The Hall–Kier alpha value is -0.570. The fourth-order valence-corrected chi connectivity index (χ4v) is 2.02. The quantitative estimate of drug-likeness (QED) is 0.645. The van der Waals surface area contributed by atoms with Gasteiger partial charge in [-0.2, -0.15) is 0 Å². The van der Waals surface area contributed by atoms with E-state index in [1.54, 1.807) is 0 Å². The Morgan fingerprint density at radius 1 is 1.57 bits per heavy atom. The van der Waals surface area contributed by atoms with E-state index in [0.29, 0.717) is 12.5 Å². The first-order valence-corrected chi connectivity index (χ1v) is 5.55. The molecule has 0 bridgehead atoms. The van der Waals surface area contributed by atoms with Crippen molar-refractivity contribution in [3.63, 3.8) is 0 Å². The highest BCUT2D eigenvalue weighted by Crippen LogP contribution is 2.19. The van der Waals surface area contributed by atoms with Crippen molar-refractivity contribution in [2.24, 2.45) is 5.92 Å². The normalized spacial score (nSPS) is 23.0. The van der Waals surface area contributed by atoms with Crippen LogP contribution in [-0.2, 0) is 9.53 Å². The molecule has 3 nitrogen and oxygen atoms in total. The molecule has 0 unspecified atom stereocenters. The Bertz CT molecular complexity index is 192. The van der Waals surface area contributed by atoms with Gasteiger partial charge >= 0.3 is 5.97 Å². The minimum atomic E-state index is -0.0364. The molecule has 1 atom stereocenters. The van der Waals surface area contributed by atoms with Gasteiger partial charge in [-0.1, -0.05) is 13.8 Å². The highest BCUT2D eigenvalue weighted by molar-refractivity contribution is 5.76. The molecule has 82 valence electrons. The van der Waals surface area contributed by atoms with E-state index in [2.05, 4.69) is 18.7 Å². The topological polar surface area (TPSA) is 29.5 Å². The van der Waals surface area contributed by atoms with Crippen molar-refractivity contribution in [3.05, 3.63) is 0 Å². The summed E-state index contributed by atoms with van der Waals surface area (Å²) in [5.41, 5.74) is 0. The van der Waals surface area contributed by atoms with Gasteiger partial charge in [-0.25, -0.2) is 0 Å². The summed E-state index contributed by atoms with van der Waals surface area (Å²) in [7, 11) is 0. The standard InChI is InChI=1S/C11H21NO2/c1-4-14-11(13)10-6-5-7-12(10)8-9(2)3/h9-10H,4-8H2,1-3H3/t10-/m0/s1. The van der Waals surface area contributed by atoms with E-state index >= 15 is 0 Å². The molecule has 0 N–H and O–H groups in total. The number of hydrogen-bond acceptors (Lipinski definition) is 3. The predicted octanol–water partition coefficient (Wildman–Crippen LogP) is 1.67. The lowest BCUT2D eigenvalue weighted by Crippen LogP contribution is -2.39. The minimum absolute atomic E-state index is 0.0253. The Labute approximate surface area is 86.4 Å². The average molecular weight is 199 g/mol. The van der Waals surface area contributed by atoms with Crippen molar-refractivity contribution in [1.82, 2.24) is 4.90 Å². The first-order valence-electron chi connectivity index (χ1n) is 5.55. The molecule has 0 spiro atoms. The zero-order valence-corrected chi connectivity index (χ0v) is 9.45. The van der Waals surface area contributed by atoms with E-state index in [1.165, 1.54) is 0 Å². The van der Waals surface area contributed by atoms with Crippen LogP contribution in [-0.4, -0.2) is 36.6 Å². The van der Waals surface area contributed by atoms with Gasteiger partial charge in [0, 0.05) is 6.54 Å². The average Bonchev–Trinajstić information content (AvgIpc) is 2.51. The second kappa shape index (κ2) is 5.35. The first kappa shape index (κ1) is 11.5. The van der Waals surface area contributed by atoms with Gasteiger partial charge in [0.15, 0.2) is 0 Å². The van der Waals surface area contributed by atoms with E-state index in [-0.39, 0.29) is 12.0 Å². The number of likely N-dealkylation sites (tertiary alicyclic amines) is 1. The van der Waals surface area contributed by atoms with E-state index < -0.39 is 0 Å². The van der Waals surface area contributed by atoms with Gasteiger partial charge in [0.25, 0.3) is 0 Å². The van der Waals surface area contributed by atoms with Crippen LogP contribution in [0.15, 0.2) is 0 Å². The van der Waals surface area contributed by atoms with E-state index in [1.807, 2.05) is 6.92 Å². The zero-order chi connectivity index (χ0) is 10.6. The number of carbonyl (C=O) groups excluding carboxylic acids is 1. The van der Waals surface area contributed by atoms with E-state index in [9.17, 15) is 4.79 Å². The molecule has 0 aliphatic carbocycles. The maximum absolute atomic E-state index is 11.6. The van der Waals surface area contributed by atoms with Crippen LogP contribution in [0.5, 0.6) is 0 Å².